The normalized spacial score (nSPS) is 10.3. The number of hydrogen-bond donors (Lipinski definition) is 1. The Labute approximate surface area is 121 Å². The second-order valence-electron chi connectivity index (χ2n) is 4.00. The Balaban J connectivity index is 2.20. The third kappa shape index (κ3) is 3.54. The average molecular weight is 343 g/mol. The summed E-state index contributed by atoms with van der Waals surface area (Å²) in [6.45, 7) is -0.0994. The molecule has 2 rings (SSSR count). The molecule has 0 amide bonds. The Bertz CT molecular complexity index is 639. The molecule has 0 aromatic heterocycles. The van der Waals surface area contributed by atoms with Gasteiger partial charge in [0.15, 0.2) is 0 Å². The van der Waals surface area contributed by atoms with Gasteiger partial charge in [0.2, 0.25) is 0 Å². The maximum atomic E-state index is 13.2. The summed E-state index contributed by atoms with van der Waals surface area (Å²) < 4.78 is 32.0. The van der Waals surface area contributed by atoms with Crippen molar-refractivity contribution in [3.8, 4) is 5.75 Å². The molecule has 0 heterocycles. The van der Waals surface area contributed by atoms with Crippen LogP contribution in [-0.2, 0) is 6.61 Å². The fourth-order valence-corrected chi connectivity index (χ4v) is 2.09. The molecule has 0 spiro atoms. The van der Waals surface area contributed by atoms with Crippen LogP contribution >= 0.6 is 15.9 Å². The molecule has 0 atom stereocenters. The van der Waals surface area contributed by atoms with Gasteiger partial charge in [0.05, 0.1) is 5.56 Å². The molecule has 0 saturated heterocycles. The largest absolute Gasteiger partial charge is 0.489 e. The van der Waals surface area contributed by atoms with Crippen LogP contribution in [0.3, 0.4) is 0 Å². The van der Waals surface area contributed by atoms with Crippen molar-refractivity contribution in [2.45, 2.75) is 6.61 Å². The molecule has 0 saturated carbocycles. The van der Waals surface area contributed by atoms with Crippen LogP contribution in [0, 0.1) is 11.6 Å². The first-order valence-electron chi connectivity index (χ1n) is 5.56. The van der Waals surface area contributed by atoms with Crippen LogP contribution in [0.15, 0.2) is 40.9 Å². The third-order valence-corrected chi connectivity index (χ3v) is 2.99. The zero-order chi connectivity index (χ0) is 14.7. The Hall–Kier alpha value is -1.95. The lowest BCUT2D eigenvalue weighted by atomic mass is 10.1. The van der Waals surface area contributed by atoms with Gasteiger partial charge in [-0.2, -0.15) is 0 Å². The van der Waals surface area contributed by atoms with Crippen molar-refractivity contribution in [1.82, 2.24) is 0 Å². The minimum atomic E-state index is -1.25. The van der Waals surface area contributed by atoms with Gasteiger partial charge in [0.25, 0.3) is 0 Å². The highest BCUT2D eigenvalue weighted by Gasteiger charge is 2.12. The Kier molecular flexibility index (Phi) is 4.34. The standard InChI is InChI=1S/C14H9BrF2O3/c15-9-3-11(17)5-12(4-9)20-7-8-1-2-10(16)6-13(8)14(18)19/h1-6H,7H2,(H,18,19). The van der Waals surface area contributed by atoms with Gasteiger partial charge >= 0.3 is 5.97 Å². The van der Waals surface area contributed by atoms with Crippen LogP contribution in [0.2, 0.25) is 0 Å². The summed E-state index contributed by atoms with van der Waals surface area (Å²) in [5.41, 5.74) is 0.125. The highest BCUT2D eigenvalue weighted by atomic mass is 79.9. The SMILES string of the molecule is O=C(O)c1cc(F)ccc1COc1cc(F)cc(Br)c1. The first-order valence-corrected chi connectivity index (χ1v) is 6.35. The lowest BCUT2D eigenvalue weighted by molar-refractivity contribution is 0.0693. The molecule has 0 fully saturated rings. The van der Waals surface area contributed by atoms with E-state index >= 15 is 0 Å². The molecule has 0 radical (unpaired) electrons. The van der Waals surface area contributed by atoms with Gasteiger partial charge in [-0.1, -0.05) is 22.0 Å². The summed E-state index contributed by atoms with van der Waals surface area (Å²) in [7, 11) is 0. The van der Waals surface area contributed by atoms with Crippen molar-refractivity contribution in [3.63, 3.8) is 0 Å². The smallest absolute Gasteiger partial charge is 0.336 e. The lowest BCUT2D eigenvalue weighted by Crippen LogP contribution is -2.06. The Morgan fingerprint density at radius 3 is 2.55 bits per heavy atom. The molecule has 0 unspecified atom stereocenters. The van der Waals surface area contributed by atoms with Crippen LogP contribution in [0.25, 0.3) is 0 Å². The number of carboxylic acids is 1. The molecule has 1 N–H and O–H groups in total. The zero-order valence-electron chi connectivity index (χ0n) is 10.1. The topological polar surface area (TPSA) is 46.5 Å². The third-order valence-electron chi connectivity index (χ3n) is 2.53. The van der Waals surface area contributed by atoms with Crippen LogP contribution < -0.4 is 4.74 Å². The van der Waals surface area contributed by atoms with Gasteiger partial charge in [0, 0.05) is 16.1 Å². The zero-order valence-corrected chi connectivity index (χ0v) is 11.7. The molecule has 104 valence electrons. The predicted molar refractivity (Wildman–Crippen MR) is 71.8 cm³/mol. The minimum Gasteiger partial charge on any atom is -0.489 e. The van der Waals surface area contributed by atoms with E-state index in [4.69, 9.17) is 9.84 Å². The molecule has 0 aliphatic carbocycles. The van der Waals surface area contributed by atoms with Gasteiger partial charge < -0.3 is 9.84 Å². The monoisotopic (exact) mass is 342 g/mol. The number of carbonyl (C=O) groups is 1. The summed E-state index contributed by atoms with van der Waals surface area (Å²) in [5.74, 6) is -2.12. The molecule has 2 aromatic carbocycles. The summed E-state index contributed by atoms with van der Waals surface area (Å²) in [6, 6.07) is 7.39. The summed E-state index contributed by atoms with van der Waals surface area (Å²) >= 11 is 3.12. The molecular formula is C14H9BrF2O3. The van der Waals surface area contributed by atoms with Gasteiger partial charge in [-0.25, -0.2) is 13.6 Å². The van der Waals surface area contributed by atoms with Crippen molar-refractivity contribution in [1.29, 1.82) is 0 Å². The molecule has 2 aromatic rings. The average Bonchev–Trinajstić information content (AvgIpc) is 2.36. The van der Waals surface area contributed by atoms with Gasteiger partial charge in [-0.05, 0) is 24.3 Å². The number of aromatic carboxylic acids is 1. The van der Waals surface area contributed by atoms with Crippen molar-refractivity contribution in [2.75, 3.05) is 0 Å². The van der Waals surface area contributed by atoms with Gasteiger partial charge in [0.1, 0.15) is 24.0 Å². The molecule has 0 aliphatic rings. The second-order valence-corrected chi connectivity index (χ2v) is 4.92. The lowest BCUT2D eigenvalue weighted by Gasteiger charge is -2.09. The number of benzene rings is 2. The number of ether oxygens (including phenoxy) is 1. The van der Waals surface area contributed by atoms with E-state index in [-0.39, 0.29) is 17.9 Å². The fraction of sp³-hybridized carbons (Fsp3) is 0.0714. The van der Waals surface area contributed by atoms with E-state index in [0.29, 0.717) is 10.0 Å². The van der Waals surface area contributed by atoms with Crippen molar-refractivity contribution >= 4 is 21.9 Å². The number of rotatable bonds is 4. The number of carboxylic acid groups (broad SMARTS) is 1. The van der Waals surface area contributed by atoms with E-state index in [9.17, 15) is 13.6 Å². The fourth-order valence-electron chi connectivity index (χ4n) is 1.65. The molecule has 20 heavy (non-hydrogen) atoms. The number of halogens is 3. The van der Waals surface area contributed by atoms with Crippen molar-refractivity contribution in [2.24, 2.45) is 0 Å². The minimum absolute atomic E-state index is 0.0994. The second kappa shape index (κ2) is 6.00. The Morgan fingerprint density at radius 2 is 1.90 bits per heavy atom. The highest BCUT2D eigenvalue weighted by molar-refractivity contribution is 9.10. The first kappa shape index (κ1) is 14.5. The van der Waals surface area contributed by atoms with Crippen molar-refractivity contribution in [3.05, 3.63) is 63.6 Å². The van der Waals surface area contributed by atoms with E-state index in [1.165, 1.54) is 18.2 Å². The molecule has 3 nitrogen and oxygen atoms in total. The van der Waals surface area contributed by atoms with E-state index in [0.717, 1.165) is 12.1 Å². The van der Waals surface area contributed by atoms with Crippen LogP contribution in [-0.4, -0.2) is 11.1 Å². The first-order chi connectivity index (χ1) is 9.45. The molecule has 6 heteroatoms. The molecule has 0 aliphatic heterocycles. The van der Waals surface area contributed by atoms with E-state index in [1.54, 1.807) is 6.07 Å². The molecule has 0 bridgehead atoms. The van der Waals surface area contributed by atoms with Gasteiger partial charge in [-0.3, -0.25) is 0 Å². The maximum Gasteiger partial charge on any atom is 0.336 e. The van der Waals surface area contributed by atoms with Crippen molar-refractivity contribution < 1.29 is 23.4 Å². The maximum absolute atomic E-state index is 13.2. The van der Waals surface area contributed by atoms with Crippen LogP contribution in [0.1, 0.15) is 15.9 Å². The summed E-state index contributed by atoms with van der Waals surface area (Å²) in [4.78, 5) is 11.0. The molecular weight excluding hydrogens is 334 g/mol. The summed E-state index contributed by atoms with van der Waals surface area (Å²) in [6.07, 6.45) is 0. The van der Waals surface area contributed by atoms with E-state index in [2.05, 4.69) is 15.9 Å². The summed E-state index contributed by atoms with van der Waals surface area (Å²) in [5, 5.41) is 8.99. The Morgan fingerprint density at radius 1 is 1.15 bits per heavy atom. The van der Waals surface area contributed by atoms with Crippen LogP contribution in [0.4, 0.5) is 8.78 Å². The predicted octanol–water partition coefficient (Wildman–Crippen LogP) is 4.00. The number of hydrogen-bond acceptors (Lipinski definition) is 2. The quantitative estimate of drug-likeness (QED) is 0.913. The van der Waals surface area contributed by atoms with Gasteiger partial charge in [-0.15, -0.1) is 0 Å². The van der Waals surface area contributed by atoms with Crippen LogP contribution in [0.5, 0.6) is 5.75 Å². The highest BCUT2D eigenvalue weighted by Crippen LogP contribution is 2.22. The van der Waals surface area contributed by atoms with E-state index in [1.807, 2.05) is 0 Å². The van der Waals surface area contributed by atoms with E-state index < -0.39 is 17.6 Å².